The molecule has 2 aromatic rings. The maximum atomic E-state index is 14.3. The van der Waals surface area contributed by atoms with Gasteiger partial charge in [0, 0.05) is 11.8 Å². The standard InChI is InChI=1S/C19H23FN4O/c1-13-21-11-10-15(23-13)12-22-19(25)24-18(14-6-2-3-7-14)16-8-4-5-9-17(16)20/h4-5,8-11,14,18H,2-3,6-7,12H2,1H3,(H2,22,24,25)/t18-/m0/s1. The van der Waals surface area contributed by atoms with E-state index < -0.39 is 0 Å². The average Bonchev–Trinajstić information content (AvgIpc) is 3.13. The van der Waals surface area contributed by atoms with Gasteiger partial charge in [0.1, 0.15) is 11.6 Å². The summed E-state index contributed by atoms with van der Waals surface area (Å²) in [6.45, 7) is 2.11. The van der Waals surface area contributed by atoms with Crippen molar-refractivity contribution in [1.29, 1.82) is 0 Å². The second-order valence-corrected chi connectivity index (χ2v) is 6.47. The Morgan fingerprint density at radius 1 is 1.28 bits per heavy atom. The Labute approximate surface area is 147 Å². The van der Waals surface area contributed by atoms with E-state index >= 15 is 0 Å². The van der Waals surface area contributed by atoms with Gasteiger partial charge in [0.25, 0.3) is 0 Å². The van der Waals surface area contributed by atoms with Crippen LogP contribution in [0.3, 0.4) is 0 Å². The van der Waals surface area contributed by atoms with Gasteiger partial charge in [-0.15, -0.1) is 0 Å². The summed E-state index contributed by atoms with van der Waals surface area (Å²) in [5.74, 6) is 0.657. The van der Waals surface area contributed by atoms with E-state index in [9.17, 15) is 9.18 Å². The Balaban J connectivity index is 1.67. The second-order valence-electron chi connectivity index (χ2n) is 6.47. The highest BCUT2D eigenvalue weighted by atomic mass is 19.1. The molecule has 1 aromatic carbocycles. The van der Waals surface area contributed by atoms with Crippen LogP contribution >= 0.6 is 0 Å². The van der Waals surface area contributed by atoms with Crippen molar-refractivity contribution in [2.75, 3.05) is 0 Å². The van der Waals surface area contributed by atoms with Gasteiger partial charge in [-0.3, -0.25) is 0 Å². The fourth-order valence-corrected chi connectivity index (χ4v) is 3.43. The van der Waals surface area contributed by atoms with Crippen molar-refractivity contribution in [2.45, 2.75) is 45.2 Å². The number of benzene rings is 1. The molecule has 0 unspecified atom stereocenters. The predicted molar refractivity (Wildman–Crippen MR) is 93.2 cm³/mol. The SMILES string of the molecule is Cc1nccc(CNC(=O)N[C@H](c2ccccc2F)C2CCCC2)n1. The average molecular weight is 342 g/mol. The number of urea groups is 1. The predicted octanol–water partition coefficient (Wildman–Crippen LogP) is 3.65. The summed E-state index contributed by atoms with van der Waals surface area (Å²) in [6.07, 6.45) is 5.92. The van der Waals surface area contributed by atoms with Crippen LogP contribution < -0.4 is 10.6 Å². The largest absolute Gasteiger partial charge is 0.332 e. The van der Waals surface area contributed by atoms with Crippen molar-refractivity contribution in [3.05, 3.63) is 59.4 Å². The Morgan fingerprint density at radius 2 is 2.04 bits per heavy atom. The number of nitrogens with one attached hydrogen (secondary N) is 2. The van der Waals surface area contributed by atoms with Crippen molar-refractivity contribution >= 4 is 6.03 Å². The molecule has 1 saturated carbocycles. The zero-order valence-corrected chi connectivity index (χ0v) is 14.3. The summed E-state index contributed by atoms with van der Waals surface area (Å²) < 4.78 is 14.3. The molecule has 6 heteroatoms. The molecule has 132 valence electrons. The van der Waals surface area contributed by atoms with E-state index in [0.29, 0.717) is 17.9 Å². The van der Waals surface area contributed by atoms with E-state index in [2.05, 4.69) is 20.6 Å². The van der Waals surface area contributed by atoms with E-state index in [0.717, 1.165) is 31.4 Å². The molecule has 0 saturated heterocycles. The number of amides is 2. The van der Waals surface area contributed by atoms with Crippen LogP contribution in [0.15, 0.2) is 36.5 Å². The Bertz CT molecular complexity index is 731. The lowest BCUT2D eigenvalue weighted by Gasteiger charge is -2.25. The van der Waals surface area contributed by atoms with Crippen LogP contribution in [0.2, 0.25) is 0 Å². The molecule has 3 rings (SSSR count). The number of halogens is 1. The van der Waals surface area contributed by atoms with Crippen LogP contribution in [-0.4, -0.2) is 16.0 Å². The summed E-state index contributed by atoms with van der Waals surface area (Å²) in [5, 5.41) is 5.77. The molecule has 0 bridgehead atoms. The van der Waals surface area contributed by atoms with E-state index in [1.165, 1.54) is 6.07 Å². The van der Waals surface area contributed by atoms with Crippen LogP contribution in [0.5, 0.6) is 0 Å². The zero-order chi connectivity index (χ0) is 17.6. The van der Waals surface area contributed by atoms with Crippen molar-refractivity contribution in [1.82, 2.24) is 20.6 Å². The number of carbonyl (C=O) groups is 1. The van der Waals surface area contributed by atoms with Crippen LogP contribution in [0.1, 0.15) is 48.8 Å². The Kier molecular flexibility index (Phi) is 5.58. The first-order chi connectivity index (χ1) is 12.1. The quantitative estimate of drug-likeness (QED) is 0.871. The molecule has 1 aliphatic rings. The van der Waals surface area contributed by atoms with Gasteiger partial charge >= 0.3 is 6.03 Å². The molecule has 5 nitrogen and oxygen atoms in total. The van der Waals surface area contributed by atoms with E-state index in [1.807, 2.05) is 6.07 Å². The molecule has 2 N–H and O–H groups in total. The topological polar surface area (TPSA) is 66.9 Å². The zero-order valence-electron chi connectivity index (χ0n) is 14.3. The van der Waals surface area contributed by atoms with Gasteiger partial charge in [-0.1, -0.05) is 31.0 Å². The first-order valence-corrected chi connectivity index (χ1v) is 8.71. The summed E-state index contributed by atoms with van der Waals surface area (Å²) in [6, 6.07) is 7.82. The molecule has 1 aromatic heterocycles. The van der Waals surface area contributed by atoms with Gasteiger partial charge in [0.2, 0.25) is 0 Å². The van der Waals surface area contributed by atoms with Gasteiger partial charge in [-0.25, -0.2) is 19.2 Å². The molecule has 0 radical (unpaired) electrons. The normalized spacial score (nSPS) is 15.8. The van der Waals surface area contributed by atoms with E-state index in [-0.39, 0.29) is 23.8 Å². The fourth-order valence-electron chi connectivity index (χ4n) is 3.43. The number of carbonyl (C=O) groups excluding carboxylic acids is 1. The molecule has 1 atom stereocenters. The molecule has 1 aliphatic carbocycles. The van der Waals surface area contributed by atoms with Gasteiger partial charge in [-0.05, 0) is 37.8 Å². The highest BCUT2D eigenvalue weighted by Gasteiger charge is 2.29. The molecule has 2 amide bonds. The van der Waals surface area contributed by atoms with Gasteiger partial charge in [0.05, 0.1) is 18.3 Å². The molecule has 25 heavy (non-hydrogen) atoms. The summed E-state index contributed by atoms with van der Waals surface area (Å²) in [7, 11) is 0. The third-order valence-electron chi connectivity index (χ3n) is 4.66. The summed E-state index contributed by atoms with van der Waals surface area (Å²) in [4.78, 5) is 20.7. The van der Waals surface area contributed by atoms with E-state index in [1.54, 1.807) is 31.3 Å². The van der Waals surface area contributed by atoms with Crippen LogP contribution in [0, 0.1) is 18.7 Å². The maximum absolute atomic E-state index is 14.3. The highest BCUT2D eigenvalue weighted by molar-refractivity contribution is 5.74. The molecular formula is C19H23FN4O. The monoisotopic (exact) mass is 342 g/mol. The van der Waals surface area contributed by atoms with Gasteiger partial charge in [-0.2, -0.15) is 0 Å². The second kappa shape index (κ2) is 8.05. The van der Waals surface area contributed by atoms with Crippen molar-refractivity contribution in [2.24, 2.45) is 5.92 Å². The fraction of sp³-hybridized carbons (Fsp3) is 0.421. The Hall–Kier alpha value is -2.50. The van der Waals surface area contributed by atoms with Crippen molar-refractivity contribution in [3.63, 3.8) is 0 Å². The van der Waals surface area contributed by atoms with Gasteiger partial charge < -0.3 is 10.6 Å². The smallest absolute Gasteiger partial charge is 0.315 e. The van der Waals surface area contributed by atoms with Crippen molar-refractivity contribution < 1.29 is 9.18 Å². The van der Waals surface area contributed by atoms with Crippen LogP contribution in [-0.2, 0) is 6.54 Å². The lowest BCUT2D eigenvalue weighted by molar-refractivity contribution is 0.230. The van der Waals surface area contributed by atoms with E-state index in [4.69, 9.17) is 0 Å². The minimum atomic E-state index is -0.309. The van der Waals surface area contributed by atoms with Crippen LogP contribution in [0.4, 0.5) is 9.18 Å². The molecular weight excluding hydrogens is 319 g/mol. The number of hydrogen-bond acceptors (Lipinski definition) is 3. The first kappa shape index (κ1) is 17.3. The lowest BCUT2D eigenvalue weighted by Crippen LogP contribution is -2.40. The first-order valence-electron chi connectivity index (χ1n) is 8.71. The Morgan fingerprint density at radius 3 is 2.76 bits per heavy atom. The highest BCUT2D eigenvalue weighted by Crippen LogP contribution is 2.36. The third kappa shape index (κ3) is 4.53. The number of aryl methyl sites for hydroxylation is 1. The molecule has 1 fully saturated rings. The summed E-state index contributed by atoms with van der Waals surface area (Å²) >= 11 is 0. The van der Waals surface area contributed by atoms with Gasteiger partial charge in [0.15, 0.2) is 0 Å². The lowest BCUT2D eigenvalue weighted by atomic mass is 9.91. The van der Waals surface area contributed by atoms with Crippen LogP contribution in [0.25, 0.3) is 0 Å². The molecule has 0 spiro atoms. The number of aromatic nitrogens is 2. The van der Waals surface area contributed by atoms with Crippen molar-refractivity contribution in [3.8, 4) is 0 Å². The maximum Gasteiger partial charge on any atom is 0.315 e. The minimum absolute atomic E-state index is 0.268. The summed E-state index contributed by atoms with van der Waals surface area (Å²) in [5.41, 5.74) is 1.30. The molecule has 1 heterocycles. The minimum Gasteiger partial charge on any atom is -0.332 e. The third-order valence-corrected chi connectivity index (χ3v) is 4.66. The number of hydrogen-bond donors (Lipinski definition) is 2. The number of rotatable bonds is 5. The number of nitrogens with zero attached hydrogens (tertiary/aromatic N) is 2. The molecule has 0 aliphatic heterocycles.